The van der Waals surface area contributed by atoms with Gasteiger partial charge in [0.25, 0.3) is 0 Å². The zero-order valence-corrected chi connectivity index (χ0v) is 10.9. The molecule has 0 saturated heterocycles. The van der Waals surface area contributed by atoms with Gasteiger partial charge in [-0.1, -0.05) is 6.92 Å². The molecule has 4 heteroatoms. The summed E-state index contributed by atoms with van der Waals surface area (Å²) < 4.78 is 13.1. The maximum absolute atomic E-state index is 13.1. The number of amides is 1. The van der Waals surface area contributed by atoms with Gasteiger partial charge in [-0.2, -0.15) is 0 Å². The summed E-state index contributed by atoms with van der Waals surface area (Å²) in [6, 6.07) is 4.73. The molecule has 1 aromatic carbocycles. The van der Waals surface area contributed by atoms with Gasteiger partial charge in [-0.25, -0.2) is 4.39 Å². The van der Waals surface area contributed by atoms with Gasteiger partial charge in [-0.05, 0) is 42.5 Å². The highest BCUT2D eigenvalue weighted by Crippen LogP contribution is 2.37. The van der Waals surface area contributed by atoms with Crippen molar-refractivity contribution in [2.24, 2.45) is 11.8 Å². The van der Waals surface area contributed by atoms with Crippen LogP contribution in [0.15, 0.2) is 24.4 Å². The van der Waals surface area contributed by atoms with Crippen LogP contribution in [0.5, 0.6) is 0 Å². The molecule has 0 bridgehead atoms. The highest BCUT2D eigenvalue weighted by atomic mass is 19.1. The van der Waals surface area contributed by atoms with Crippen LogP contribution in [0.2, 0.25) is 0 Å². The average Bonchev–Trinajstić information content (AvgIpc) is 2.98. The number of aromatic nitrogens is 1. The minimum Gasteiger partial charge on any atom is -0.361 e. The topological polar surface area (TPSA) is 44.9 Å². The van der Waals surface area contributed by atoms with Crippen molar-refractivity contribution in [1.82, 2.24) is 10.3 Å². The first kappa shape index (κ1) is 12.2. The zero-order valence-electron chi connectivity index (χ0n) is 10.9. The van der Waals surface area contributed by atoms with Crippen molar-refractivity contribution < 1.29 is 9.18 Å². The summed E-state index contributed by atoms with van der Waals surface area (Å²) in [5.41, 5.74) is 1.91. The largest absolute Gasteiger partial charge is 0.361 e. The minimum atomic E-state index is -0.239. The first-order chi connectivity index (χ1) is 9.15. The van der Waals surface area contributed by atoms with E-state index in [0.717, 1.165) is 29.3 Å². The Labute approximate surface area is 111 Å². The molecule has 3 rings (SSSR count). The van der Waals surface area contributed by atoms with Crippen molar-refractivity contribution >= 4 is 16.8 Å². The Bertz CT molecular complexity index is 620. The van der Waals surface area contributed by atoms with E-state index in [0.29, 0.717) is 12.5 Å². The van der Waals surface area contributed by atoms with E-state index in [1.165, 1.54) is 12.1 Å². The number of rotatable bonds is 4. The summed E-state index contributed by atoms with van der Waals surface area (Å²) >= 11 is 0. The van der Waals surface area contributed by atoms with Crippen LogP contribution < -0.4 is 5.32 Å². The highest BCUT2D eigenvalue weighted by molar-refractivity contribution is 5.83. The Balaban J connectivity index is 1.61. The molecule has 2 aromatic rings. The van der Waals surface area contributed by atoms with Crippen molar-refractivity contribution in [2.45, 2.75) is 19.8 Å². The second-order valence-electron chi connectivity index (χ2n) is 5.36. The molecule has 1 saturated carbocycles. The van der Waals surface area contributed by atoms with Crippen LogP contribution in [0.25, 0.3) is 10.9 Å². The number of carbonyl (C=O) groups excluding carboxylic acids is 1. The van der Waals surface area contributed by atoms with E-state index in [1.54, 1.807) is 6.07 Å². The lowest BCUT2D eigenvalue weighted by Gasteiger charge is -2.03. The van der Waals surface area contributed by atoms with Gasteiger partial charge in [-0.3, -0.25) is 4.79 Å². The Morgan fingerprint density at radius 3 is 3.05 bits per heavy atom. The predicted octanol–water partition coefficient (Wildman–Crippen LogP) is 2.62. The molecule has 2 atom stereocenters. The monoisotopic (exact) mass is 260 g/mol. The maximum atomic E-state index is 13.1. The van der Waals surface area contributed by atoms with Crippen LogP contribution in [-0.2, 0) is 11.2 Å². The standard InChI is InChI=1S/C15H17FN2O/c1-9-6-13(9)15(19)17-5-4-10-8-18-14-7-11(16)2-3-12(10)14/h2-3,7-9,13,18H,4-6H2,1H3,(H,17,19)/t9-,13+/m0/s1. The van der Waals surface area contributed by atoms with Crippen LogP contribution >= 0.6 is 0 Å². The molecule has 1 heterocycles. The van der Waals surface area contributed by atoms with Crippen molar-refractivity contribution in [3.8, 4) is 0 Å². The SMILES string of the molecule is C[C@H]1C[C@H]1C(=O)NCCc1c[nH]c2cc(F)ccc12. The van der Waals surface area contributed by atoms with E-state index in [2.05, 4.69) is 17.2 Å². The van der Waals surface area contributed by atoms with E-state index < -0.39 is 0 Å². The Morgan fingerprint density at radius 1 is 1.53 bits per heavy atom. The molecule has 0 radical (unpaired) electrons. The maximum Gasteiger partial charge on any atom is 0.223 e. The summed E-state index contributed by atoms with van der Waals surface area (Å²) in [4.78, 5) is 14.7. The van der Waals surface area contributed by atoms with Crippen LogP contribution in [0.1, 0.15) is 18.9 Å². The summed E-state index contributed by atoms with van der Waals surface area (Å²) in [6.45, 7) is 2.73. The highest BCUT2D eigenvalue weighted by Gasteiger charge is 2.38. The summed E-state index contributed by atoms with van der Waals surface area (Å²) in [6.07, 6.45) is 3.66. The van der Waals surface area contributed by atoms with Crippen LogP contribution in [0.4, 0.5) is 4.39 Å². The Hall–Kier alpha value is -1.84. The van der Waals surface area contributed by atoms with Gasteiger partial charge >= 0.3 is 0 Å². The fourth-order valence-electron chi connectivity index (χ4n) is 2.50. The lowest BCUT2D eigenvalue weighted by Crippen LogP contribution is -2.27. The molecule has 1 amide bonds. The molecule has 1 aliphatic carbocycles. The molecule has 2 N–H and O–H groups in total. The number of nitrogens with one attached hydrogen (secondary N) is 2. The fraction of sp³-hybridized carbons (Fsp3) is 0.400. The number of aromatic amines is 1. The van der Waals surface area contributed by atoms with Crippen molar-refractivity contribution in [2.75, 3.05) is 6.54 Å². The third-order valence-corrected chi connectivity index (χ3v) is 3.87. The first-order valence-electron chi connectivity index (χ1n) is 6.68. The second kappa shape index (κ2) is 4.68. The van der Waals surface area contributed by atoms with Crippen molar-refractivity contribution in [3.63, 3.8) is 0 Å². The van der Waals surface area contributed by atoms with Gasteiger partial charge in [0.05, 0.1) is 0 Å². The number of hydrogen-bond acceptors (Lipinski definition) is 1. The molecule has 1 fully saturated rings. The summed E-state index contributed by atoms with van der Waals surface area (Å²) in [7, 11) is 0. The lowest BCUT2D eigenvalue weighted by atomic mass is 10.1. The molecule has 0 unspecified atom stereocenters. The first-order valence-corrected chi connectivity index (χ1v) is 6.68. The van der Waals surface area contributed by atoms with Crippen molar-refractivity contribution in [1.29, 1.82) is 0 Å². The summed E-state index contributed by atoms with van der Waals surface area (Å²) in [5, 5.41) is 3.99. The molecule has 0 spiro atoms. The van der Waals surface area contributed by atoms with E-state index in [1.807, 2.05) is 6.20 Å². The molecular weight excluding hydrogens is 243 g/mol. The van der Waals surface area contributed by atoms with Gasteiger partial charge < -0.3 is 10.3 Å². The molecule has 19 heavy (non-hydrogen) atoms. The van der Waals surface area contributed by atoms with E-state index >= 15 is 0 Å². The summed E-state index contributed by atoms with van der Waals surface area (Å²) in [5.74, 6) is 0.684. The molecule has 3 nitrogen and oxygen atoms in total. The molecule has 1 aliphatic rings. The number of halogens is 1. The van der Waals surface area contributed by atoms with E-state index in [4.69, 9.17) is 0 Å². The van der Waals surface area contributed by atoms with Crippen LogP contribution in [-0.4, -0.2) is 17.4 Å². The van der Waals surface area contributed by atoms with Gasteiger partial charge in [0.15, 0.2) is 0 Å². The van der Waals surface area contributed by atoms with Gasteiger partial charge in [0.1, 0.15) is 5.82 Å². The Morgan fingerprint density at radius 2 is 2.32 bits per heavy atom. The third-order valence-electron chi connectivity index (χ3n) is 3.87. The van der Waals surface area contributed by atoms with E-state index in [-0.39, 0.29) is 17.6 Å². The van der Waals surface area contributed by atoms with Gasteiger partial charge in [0, 0.05) is 29.6 Å². The lowest BCUT2D eigenvalue weighted by molar-refractivity contribution is -0.122. The van der Waals surface area contributed by atoms with Gasteiger partial charge in [-0.15, -0.1) is 0 Å². The quantitative estimate of drug-likeness (QED) is 0.872. The molecule has 1 aromatic heterocycles. The van der Waals surface area contributed by atoms with Crippen molar-refractivity contribution in [3.05, 3.63) is 35.8 Å². The van der Waals surface area contributed by atoms with Crippen LogP contribution in [0, 0.1) is 17.7 Å². The molecular formula is C15H17FN2O. The Kier molecular flexibility index (Phi) is 3.01. The number of hydrogen-bond donors (Lipinski definition) is 2. The molecule has 0 aliphatic heterocycles. The van der Waals surface area contributed by atoms with Gasteiger partial charge in [0.2, 0.25) is 5.91 Å². The number of carbonyl (C=O) groups is 1. The number of benzene rings is 1. The predicted molar refractivity (Wildman–Crippen MR) is 72.2 cm³/mol. The normalized spacial score (nSPS) is 21.6. The average molecular weight is 260 g/mol. The van der Waals surface area contributed by atoms with E-state index in [9.17, 15) is 9.18 Å². The molecule has 100 valence electrons. The number of H-pyrrole nitrogens is 1. The van der Waals surface area contributed by atoms with Crippen LogP contribution in [0.3, 0.4) is 0 Å². The fourth-order valence-corrected chi connectivity index (χ4v) is 2.50. The second-order valence-corrected chi connectivity index (χ2v) is 5.36. The minimum absolute atomic E-state index is 0.165. The number of fused-ring (bicyclic) bond motifs is 1. The zero-order chi connectivity index (χ0) is 13.4. The third kappa shape index (κ3) is 2.48. The smallest absolute Gasteiger partial charge is 0.223 e.